The molecule has 0 fully saturated rings. The molecule has 8 heteroatoms. The molecule has 162 valence electrons. The Hall–Kier alpha value is -3.52. The summed E-state index contributed by atoms with van der Waals surface area (Å²) in [6, 6.07) is 20.4. The lowest BCUT2D eigenvalue weighted by Crippen LogP contribution is -2.16. The zero-order valence-corrected chi connectivity index (χ0v) is 18.8. The summed E-state index contributed by atoms with van der Waals surface area (Å²) in [5, 5.41) is 2.79. The number of carbonyl (C=O) groups excluding carboxylic acids is 1. The first-order valence-corrected chi connectivity index (χ1v) is 11.1. The van der Waals surface area contributed by atoms with Gasteiger partial charge in [0, 0.05) is 56.5 Å². The smallest absolute Gasteiger partial charge is 0.261 e. The van der Waals surface area contributed by atoms with Crippen LogP contribution in [0.1, 0.15) is 10.4 Å². The Balaban J connectivity index is 1.75. The van der Waals surface area contributed by atoms with Gasteiger partial charge < -0.3 is 15.1 Å². The number of hydrogen-bond acceptors (Lipinski definition) is 5. The summed E-state index contributed by atoms with van der Waals surface area (Å²) in [5.41, 5.74) is 3.29. The molecule has 0 bridgehead atoms. The third kappa shape index (κ3) is 5.55. The summed E-state index contributed by atoms with van der Waals surface area (Å²) in [6.45, 7) is 0. The Morgan fingerprint density at radius 1 is 0.742 bits per heavy atom. The van der Waals surface area contributed by atoms with E-state index in [9.17, 15) is 13.2 Å². The van der Waals surface area contributed by atoms with Crippen LogP contribution in [0.5, 0.6) is 0 Å². The van der Waals surface area contributed by atoms with Gasteiger partial charge in [0.2, 0.25) is 0 Å². The number of benzene rings is 3. The fourth-order valence-electron chi connectivity index (χ4n) is 2.89. The Morgan fingerprint density at radius 3 is 1.77 bits per heavy atom. The summed E-state index contributed by atoms with van der Waals surface area (Å²) < 4.78 is 28.1. The Bertz CT molecular complexity index is 1160. The van der Waals surface area contributed by atoms with Crippen molar-refractivity contribution in [3.8, 4) is 0 Å². The van der Waals surface area contributed by atoms with Gasteiger partial charge in [-0.1, -0.05) is 6.07 Å². The van der Waals surface area contributed by atoms with Crippen LogP contribution in [0.3, 0.4) is 0 Å². The van der Waals surface area contributed by atoms with Gasteiger partial charge in [-0.3, -0.25) is 9.52 Å². The van der Waals surface area contributed by atoms with E-state index in [2.05, 4.69) is 10.0 Å². The van der Waals surface area contributed by atoms with Gasteiger partial charge in [-0.15, -0.1) is 0 Å². The molecule has 3 rings (SSSR count). The molecular weight excluding hydrogens is 412 g/mol. The van der Waals surface area contributed by atoms with Crippen molar-refractivity contribution >= 4 is 38.7 Å². The molecule has 31 heavy (non-hydrogen) atoms. The first-order valence-electron chi connectivity index (χ1n) is 9.65. The topological polar surface area (TPSA) is 81.8 Å². The summed E-state index contributed by atoms with van der Waals surface area (Å²) >= 11 is 0. The number of sulfonamides is 1. The Labute approximate surface area is 183 Å². The van der Waals surface area contributed by atoms with Crippen LogP contribution in [0.15, 0.2) is 77.7 Å². The van der Waals surface area contributed by atoms with E-state index in [0.29, 0.717) is 11.4 Å². The zero-order valence-electron chi connectivity index (χ0n) is 18.0. The fourth-order valence-corrected chi connectivity index (χ4v) is 4.00. The van der Waals surface area contributed by atoms with E-state index >= 15 is 0 Å². The van der Waals surface area contributed by atoms with E-state index in [1.54, 1.807) is 36.4 Å². The van der Waals surface area contributed by atoms with Gasteiger partial charge in [0.25, 0.3) is 15.9 Å². The lowest BCUT2D eigenvalue weighted by molar-refractivity contribution is 0.102. The number of anilines is 4. The monoisotopic (exact) mass is 438 g/mol. The molecule has 0 aliphatic heterocycles. The first kappa shape index (κ1) is 22.2. The normalized spacial score (nSPS) is 11.0. The second-order valence-corrected chi connectivity index (χ2v) is 9.15. The maximum absolute atomic E-state index is 12.8. The molecule has 0 aliphatic carbocycles. The number of nitrogens with one attached hydrogen (secondary N) is 2. The second kappa shape index (κ2) is 9.09. The highest BCUT2D eigenvalue weighted by Crippen LogP contribution is 2.21. The van der Waals surface area contributed by atoms with Crippen molar-refractivity contribution in [2.75, 3.05) is 48.0 Å². The summed E-state index contributed by atoms with van der Waals surface area (Å²) in [5.74, 6) is -0.384. The van der Waals surface area contributed by atoms with Crippen LogP contribution in [0, 0.1) is 0 Å². The maximum Gasteiger partial charge on any atom is 0.261 e. The van der Waals surface area contributed by atoms with Crippen LogP contribution < -0.4 is 19.8 Å². The van der Waals surface area contributed by atoms with Gasteiger partial charge in [0.1, 0.15) is 0 Å². The third-order valence-corrected chi connectivity index (χ3v) is 6.06. The summed E-state index contributed by atoms with van der Waals surface area (Å²) in [6.07, 6.45) is 0. The van der Waals surface area contributed by atoms with Crippen LogP contribution >= 0.6 is 0 Å². The van der Waals surface area contributed by atoms with Crippen LogP contribution in [-0.4, -0.2) is 42.5 Å². The van der Waals surface area contributed by atoms with Crippen molar-refractivity contribution in [3.05, 3.63) is 78.4 Å². The quantitative estimate of drug-likeness (QED) is 0.585. The molecule has 0 unspecified atom stereocenters. The van der Waals surface area contributed by atoms with Crippen LogP contribution in [-0.2, 0) is 10.0 Å². The highest BCUT2D eigenvalue weighted by molar-refractivity contribution is 7.92. The standard InChI is InChI=1S/C23H26N4O3S/c1-26(2)20-12-8-18(9-13-20)24-23(28)17-6-5-7-22(16-17)31(29,30)25-19-10-14-21(15-11-19)27(3)4/h5-16,25H,1-4H3,(H,24,28). The Kier molecular flexibility index (Phi) is 6.50. The largest absolute Gasteiger partial charge is 0.378 e. The minimum absolute atomic E-state index is 0.0137. The molecule has 0 heterocycles. The van der Waals surface area contributed by atoms with Gasteiger partial charge in [0.05, 0.1) is 4.90 Å². The van der Waals surface area contributed by atoms with Crippen LogP contribution in [0.25, 0.3) is 0 Å². The molecule has 0 aliphatic rings. The molecule has 0 saturated carbocycles. The van der Waals surface area contributed by atoms with Crippen molar-refractivity contribution in [1.82, 2.24) is 0 Å². The molecule has 0 saturated heterocycles. The van der Waals surface area contributed by atoms with Gasteiger partial charge in [0.15, 0.2) is 0 Å². The SMILES string of the molecule is CN(C)c1ccc(NC(=O)c2cccc(S(=O)(=O)Nc3ccc(N(C)C)cc3)c2)cc1. The number of carbonyl (C=O) groups is 1. The lowest BCUT2D eigenvalue weighted by atomic mass is 10.2. The zero-order chi connectivity index (χ0) is 22.6. The van der Waals surface area contributed by atoms with Crippen molar-refractivity contribution in [2.24, 2.45) is 0 Å². The molecule has 1 amide bonds. The van der Waals surface area contributed by atoms with E-state index in [-0.39, 0.29) is 16.4 Å². The third-order valence-electron chi connectivity index (χ3n) is 4.68. The van der Waals surface area contributed by atoms with Crippen molar-refractivity contribution < 1.29 is 13.2 Å². The molecule has 3 aromatic rings. The highest BCUT2D eigenvalue weighted by atomic mass is 32.2. The molecule has 0 atom stereocenters. The number of amides is 1. The van der Waals surface area contributed by atoms with E-state index in [4.69, 9.17) is 0 Å². The summed E-state index contributed by atoms with van der Waals surface area (Å²) in [4.78, 5) is 16.5. The van der Waals surface area contributed by atoms with Crippen molar-refractivity contribution in [2.45, 2.75) is 4.90 Å². The molecule has 3 aromatic carbocycles. The number of hydrogen-bond donors (Lipinski definition) is 2. The number of rotatable bonds is 7. The van der Waals surface area contributed by atoms with Gasteiger partial charge in [-0.05, 0) is 66.7 Å². The summed E-state index contributed by atoms with van der Waals surface area (Å²) in [7, 11) is 3.85. The minimum Gasteiger partial charge on any atom is -0.378 e. The Morgan fingerprint density at radius 2 is 1.26 bits per heavy atom. The van der Waals surface area contributed by atoms with E-state index in [0.717, 1.165) is 11.4 Å². The van der Waals surface area contributed by atoms with E-state index in [1.165, 1.54) is 12.1 Å². The van der Waals surface area contributed by atoms with Crippen molar-refractivity contribution in [1.29, 1.82) is 0 Å². The maximum atomic E-state index is 12.8. The molecule has 7 nitrogen and oxygen atoms in total. The van der Waals surface area contributed by atoms with E-state index < -0.39 is 10.0 Å². The average Bonchev–Trinajstić information content (AvgIpc) is 2.74. The molecule has 0 spiro atoms. The molecule has 0 radical (unpaired) electrons. The van der Waals surface area contributed by atoms with Crippen molar-refractivity contribution in [3.63, 3.8) is 0 Å². The predicted octanol–water partition coefficient (Wildman–Crippen LogP) is 3.87. The predicted molar refractivity (Wildman–Crippen MR) is 127 cm³/mol. The fraction of sp³-hybridized carbons (Fsp3) is 0.174. The number of nitrogens with zero attached hydrogens (tertiary/aromatic N) is 2. The molecular formula is C23H26N4O3S. The van der Waals surface area contributed by atoms with E-state index in [1.807, 2.05) is 62.3 Å². The second-order valence-electron chi connectivity index (χ2n) is 7.47. The molecule has 0 aromatic heterocycles. The van der Waals surface area contributed by atoms with Gasteiger partial charge in [-0.25, -0.2) is 8.42 Å². The van der Waals surface area contributed by atoms with Crippen LogP contribution in [0.4, 0.5) is 22.7 Å². The minimum atomic E-state index is -3.84. The average molecular weight is 439 g/mol. The van der Waals surface area contributed by atoms with Gasteiger partial charge in [-0.2, -0.15) is 0 Å². The first-order chi connectivity index (χ1) is 14.7. The highest BCUT2D eigenvalue weighted by Gasteiger charge is 2.17. The lowest BCUT2D eigenvalue weighted by Gasteiger charge is -2.14. The van der Waals surface area contributed by atoms with Crippen LogP contribution in [0.2, 0.25) is 0 Å². The molecule has 2 N–H and O–H groups in total. The van der Waals surface area contributed by atoms with Gasteiger partial charge >= 0.3 is 0 Å².